The van der Waals surface area contributed by atoms with E-state index in [2.05, 4.69) is 14.9 Å². The predicted octanol–water partition coefficient (Wildman–Crippen LogP) is 4.43. The highest BCUT2D eigenvalue weighted by atomic mass is 35.5. The van der Waals surface area contributed by atoms with Gasteiger partial charge in [0.15, 0.2) is 11.0 Å². The largest absolute Gasteiger partial charge is 0.389 e. The van der Waals surface area contributed by atoms with E-state index >= 15 is 0 Å². The molecule has 0 bridgehead atoms. The molecule has 1 heterocycles. The molecular weight excluding hydrogens is 437 g/mol. The van der Waals surface area contributed by atoms with Crippen molar-refractivity contribution in [1.82, 2.24) is 19.5 Å². The number of nitrogens with zero attached hydrogens (tertiary/aromatic N) is 3. The van der Waals surface area contributed by atoms with Gasteiger partial charge in [0.25, 0.3) is 0 Å². The summed E-state index contributed by atoms with van der Waals surface area (Å²) in [4.78, 5) is 0.0630. The first kappa shape index (κ1) is 23.0. The minimum atomic E-state index is -4.18. The zero-order valence-electron chi connectivity index (χ0n) is 15.2. The van der Waals surface area contributed by atoms with Gasteiger partial charge < -0.3 is 4.57 Å². The second-order valence-electron chi connectivity index (χ2n) is 5.95. The Morgan fingerprint density at radius 2 is 1.89 bits per heavy atom. The number of rotatable bonds is 9. The lowest BCUT2D eigenvalue weighted by Crippen LogP contribution is -2.29. The number of aromatic nitrogens is 3. The molecule has 0 amide bonds. The molecule has 0 aliphatic heterocycles. The SMILES string of the molecule is CCn1c(SCCCC(F)(F)F)nnc1[C@@H](C)NS(=O)(=O)c1ccc(Cl)cc1. The Kier molecular flexibility index (Phi) is 7.77. The molecule has 0 spiro atoms. The topological polar surface area (TPSA) is 76.9 Å². The summed E-state index contributed by atoms with van der Waals surface area (Å²) in [6, 6.07) is 5.06. The highest BCUT2D eigenvalue weighted by Gasteiger charge is 2.27. The standard InChI is InChI=1S/C16H20ClF3N4O2S2/c1-3-24-14(21-22-15(24)27-10-4-9-16(18,19)20)11(2)23-28(25,26)13-7-5-12(17)6-8-13/h5-8,11,23H,3-4,9-10H2,1-2H3/t11-/m1/s1. The van der Waals surface area contributed by atoms with Crippen LogP contribution in [0.25, 0.3) is 0 Å². The average Bonchev–Trinajstić information content (AvgIpc) is 3.01. The number of nitrogens with one attached hydrogen (secondary N) is 1. The summed E-state index contributed by atoms with van der Waals surface area (Å²) in [6.07, 6.45) is -5.07. The average molecular weight is 457 g/mol. The van der Waals surface area contributed by atoms with Gasteiger partial charge in [-0.2, -0.15) is 13.2 Å². The Morgan fingerprint density at radius 1 is 1.25 bits per heavy atom. The molecule has 1 atom stereocenters. The predicted molar refractivity (Wildman–Crippen MR) is 102 cm³/mol. The number of hydrogen-bond acceptors (Lipinski definition) is 5. The van der Waals surface area contributed by atoms with Crippen molar-refractivity contribution in [2.75, 3.05) is 5.75 Å². The van der Waals surface area contributed by atoms with Gasteiger partial charge >= 0.3 is 6.18 Å². The van der Waals surface area contributed by atoms with Crippen molar-refractivity contribution >= 4 is 33.4 Å². The smallest absolute Gasteiger partial charge is 0.305 e. The molecule has 2 aromatic rings. The zero-order chi connectivity index (χ0) is 20.9. The Labute approximate surface area is 170 Å². The molecule has 0 aliphatic rings. The fourth-order valence-corrected chi connectivity index (χ4v) is 4.70. The van der Waals surface area contributed by atoms with E-state index in [1.807, 2.05) is 6.92 Å². The number of halogens is 4. The first-order valence-corrected chi connectivity index (χ1v) is 11.3. The Bertz CT molecular complexity index is 886. The van der Waals surface area contributed by atoms with E-state index < -0.39 is 28.7 Å². The molecule has 2 rings (SSSR count). The van der Waals surface area contributed by atoms with Crippen LogP contribution in [0.15, 0.2) is 34.3 Å². The van der Waals surface area contributed by atoms with Crippen molar-refractivity contribution in [1.29, 1.82) is 0 Å². The molecule has 12 heteroatoms. The Morgan fingerprint density at radius 3 is 2.46 bits per heavy atom. The maximum Gasteiger partial charge on any atom is 0.389 e. The molecule has 156 valence electrons. The van der Waals surface area contributed by atoms with Crippen LogP contribution in [0.2, 0.25) is 5.02 Å². The maximum absolute atomic E-state index is 12.5. The number of sulfonamides is 1. The van der Waals surface area contributed by atoms with E-state index in [0.29, 0.717) is 22.5 Å². The van der Waals surface area contributed by atoms with E-state index in [1.54, 1.807) is 11.5 Å². The van der Waals surface area contributed by atoms with E-state index in [0.717, 1.165) is 11.8 Å². The highest BCUT2D eigenvalue weighted by molar-refractivity contribution is 7.99. The van der Waals surface area contributed by atoms with Crippen molar-refractivity contribution in [3.8, 4) is 0 Å². The molecule has 0 fully saturated rings. The maximum atomic E-state index is 12.5. The first-order valence-electron chi connectivity index (χ1n) is 8.44. The van der Waals surface area contributed by atoms with Crippen molar-refractivity contribution in [3.05, 3.63) is 35.1 Å². The molecule has 1 aromatic carbocycles. The van der Waals surface area contributed by atoms with E-state index in [-0.39, 0.29) is 17.1 Å². The molecule has 0 aliphatic carbocycles. The van der Waals surface area contributed by atoms with Crippen LogP contribution in [0.5, 0.6) is 0 Å². The van der Waals surface area contributed by atoms with Gasteiger partial charge in [0.2, 0.25) is 10.0 Å². The van der Waals surface area contributed by atoms with Gasteiger partial charge in [-0.15, -0.1) is 10.2 Å². The molecule has 0 radical (unpaired) electrons. The first-order chi connectivity index (χ1) is 13.0. The van der Waals surface area contributed by atoms with E-state index in [1.165, 1.54) is 24.3 Å². The molecular formula is C16H20ClF3N4O2S2. The third kappa shape index (κ3) is 6.36. The fourth-order valence-electron chi connectivity index (χ4n) is 2.43. The van der Waals surface area contributed by atoms with Crippen LogP contribution in [0.3, 0.4) is 0 Å². The molecule has 0 saturated carbocycles. The summed E-state index contributed by atoms with van der Waals surface area (Å²) in [7, 11) is -3.80. The fraction of sp³-hybridized carbons (Fsp3) is 0.500. The Hall–Kier alpha value is -1.30. The van der Waals surface area contributed by atoms with E-state index in [9.17, 15) is 21.6 Å². The zero-order valence-corrected chi connectivity index (χ0v) is 17.6. The summed E-state index contributed by atoms with van der Waals surface area (Å²) in [5.41, 5.74) is 0. The van der Waals surface area contributed by atoms with Gasteiger partial charge in [0, 0.05) is 23.7 Å². The third-order valence-corrected chi connectivity index (χ3v) is 6.60. The van der Waals surface area contributed by atoms with Crippen molar-refractivity contribution in [2.24, 2.45) is 0 Å². The second kappa shape index (κ2) is 9.47. The van der Waals surface area contributed by atoms with Crippen LogP contribution in [-0.2, 0) is 16.6 Å². The Balaban J connectivity index is 2.08. The monoisotopic (exact) mass is 456 g/mol. The van der Waals surface area contributed by atoms with Crippen LogP contribution >= 0.6 is 23.4 Å². The van der Waals surface area contributed by atoms with E-state index in [4.69, 9.17) is 11.6 Å². The third-order valence-electron chi connectivity index (χ3n) is 3.74. The van der Waals surface area contributed by atoms with Gasteiger partial charge in [-0.3, -0.25) is 0 Å². The van der Waals surface area contributed by atoms with Crippen LogP contribution in [0.4, 0.5) is 13.2 Å². The lowest BCUT2D eigenvalue weighted by Gasteiger charge is -2.15. The number of thioether (sulfide) groups is 1. The van der Waals surface area contributed by atoms with Crippen molar-refractivity contribution in [2.45, 2.75) is 55.5 Å². The summed E-state index contributed by atoms with van der Waals surface area (Å²) >= 11 is 6.95. The van der Waals surface area contributed by atoms with Gasteiger partial charge in [-0.05, 0) is 44.5 Å². The number of benzene rings is 1. The van der Waals surface area contributed by atoms with Crippen LogP contribution in [-0.4, -0.2) is 35.1 Å². The summed E-state index contributed by atoms with van der Waals surface area (Å²) in [5.74, 6) is 0.626. The van der Waals surface area contributed by atoms with Gasteiger partial charge in [-0.25, -0.2) is 13.1 Å². The highest BCUT2D eigenvalue weighted by Crippen LogP contribution is 2.26. The van der Waals surface area contributed by atoms with Gasteiger partial charge in [0.1, 0.15) is 0 Å². The molecule has 28 heavy (non-hydrogen) atoms. The minimum Gasteiger partial charge on any atom is -0.305 e. The van der Waals surface area contributed by atoms with Crippen molar-refractivity contribution < 1.29 is 21.6 Å². The second-order valence-corrected chi connectivity index (χ2v) is 9.16. The van der Waals surface area contributed by atoms with Crippen molar-refractivity contribution in [3.63, 3.8) is 0 Å². The molecule has 1 aromatic heterocycles. The van der Waals surface area contributed by atoms with Crippen LogP contribution in [0, 0.1) is 0 Å². The quantitative estimate of drug-likeness (QED) is 0.446. The van der Waals surface area contributed by atoms with Gasteiger partial charge in [0.05, 0.1) is 10.9 Å². The molecule has 6 nitrogen and oxygen atoms in total. The van der Waals surface area contributed by atoms with Crippen LogP contribution < -0.4 is 4.72 Å². The molecule has 0 unspecified atom stereocenters. The number of hydrogen-bond donors (Lipinski definition) is 1. The summed E-state index contributed by atoms with van der Waals surface area (Å²) < 4.78 is 66.0. The molecule has 0 saturated heterocycles. The summed E-state index contributed by atoms with van der Waals surface area (Å²) in [5, 5.41) is 8.90. The summed E-state index contributed by atoms with van der Waals surface area (Å²) in [6.45, 7) is 3.91. The normalized spacial score (nSPS) is 13.6. The minimum absolute atomic E-state index is 0.0289. The number of alkyl halides is 3. The van der Waals surface area contributed by atoms with Crippen LogP contribution in [0.1, 0.15) is 38.6 Å². The lowest BCUT2D eigenvalue weighted by molar-refractivity contribution is -0.134. The lowest BCUT2D eigenvalue weighted by atomic mass is 10.3. The van der Waals surface area contributed by atoms with Gasteiger partial charge in [-0.1, -0.05) is 23.4 Å². The molecule has 1 N–H and O–H groups in total.